The SMILES string of the molecule is O=[N+]([O-])c1ccccc1CC1CCC2CCC1N2. The average molecular weight is 246 g/mol. The lowest BCUT2D eigenvalue weighted by Gasteiger charge is -2.30. The highest BCUT2D eigenvalue weighted by Crippen LogP contribution is 2.34. The molecule has 2 aliphatic heterocycles. The van der Waals surface area contributed by atoms with Gasteiger partial charge in [-0.05, 0) is 38.0 Å². The lowest BCUT2D eigenvalue weighted by atomic mass is 9.86. The van der Waals surface area contributed by atoms with Crippen molar-refractivity contribution in [1.82, 2.24) is 5.32 Å². The maximum Gasteiger partial charge on any atom is 0.272 e. The Labute approximate surface area is 107 Å². The number of nitro benzene ring substituents is 1. The molecule has 0 radical (unpaired) electrons. The zero-order valence-electron chi connectivity index (χ0n) is 10.3. The van der Waals surface area contributed by atoms with Crippen LogP contribution in [0.3, 0.4) is 0 Å². The molecule has 4 nitrogen and oxygen atoms in total. The Morgan fingerprint density at radius 1 is 1.22 bits per heavy atom. The summed E-state index contributed by atoms with van der Waals surface area (Å²) in [5, 5.41) is 14.7. The topological polar surface area (TPSA) is 55.2 Å². The van der Waals surface area contributed by atoms with E-state index in [1.54, 1.807) is 12.1 Å². The molecule has 2 aliphatic rings. The number of benzene rings is 1. The standard InChI is InChI=1S/C14H18N2O2/c17-16(18)14-4-2-1-3-11(14)9-10-5-6-12-7-8-13(10)15-12/h1-4,10,12-13,15H,5-9H2. The Hall–Kier alpha value is -1.42. The van der Waals surface area contributed by atoms with E-state index in [0.717, 1.165) is 12.0 Å². The predicted molar refractivity (Wildman–Crippen MR) is 69.5 cm³/mol. The largest absolute Gasteiger partial charge is 0.311 e. The number of fused-ring (bicyclic) bond motifs is 2. The number of nitro groups is 1. The summed E-state index contributed by atoms with van der Waals surface area (Å²) in [6.07, 6.45) is 5.77. The molecule has 3 rings (SSSR count). The molecule has 3 atom stereocenters. The van der Waals surface area contributed by atoms with Gasteiger partial charge in [0, 0.05) is 23.7 Å². The van der Waals surface area contributed by atoms with Crippen molar-refractivity contribution in [1.29, 1.82) is 0 Å². The van der Waals surface area contributed by atoms with Crippen molar-refractivity contribution in [3.63, 3.8) is 0 Å². The minimum atomic E-state index is -0.261. The van der Waals surface area contributed by atoms with Crippen LogP contribution in [0.4, 0.5) is 5.69 Å². The minimum absolute atomic E-state index is 0.261. The normalized spacial score (nSPS) is 30.3. The third-order valence-electron chi connectivity index (χ3n) is 4.40. The second-order valence-corrected chi connectivity index (χ2v) is 5.47. The fourth-order valence-electron chi connectivity index (χ4n) is 3.45. The number of hydrogen-bond acceptors (Lipinski definition) is 3. The molecule has 0 saturated carbocycles. The summed E-state index contributed by atoms with van der Waals surface area (Å²) in [5.74, 6) is 0.560. The van der Waals surface area contributed by atoms with Gasteiger partial charge in [-0.3, -0.25) is 10.1 Å². The van der Waals surface area contributed by atoms with Gasteiger partial charge in [0.05, 0.1) is 4.92 Å². The van der Waals surface area contributed by atoms with Crippen LogP contribution in [-0.4, -0.2) is 17.0 Å². The van der Waals surface area contributed by atoms with Gasteiger partial charge in [0.25, 0.3) is 5.69 Å². The first-order valence-electron chi connectivity index (χ1n) is 6.72. The van der Waals surface area contributed by atoms with Crippen molar-refractivity contribution in [3.05, 3.63) is 39.9 Å². The number of hydrogen-bond donors (Lipinski definition) is 1. The van der Waals surface area contributed by atoms with Crippen LogP contribution in [0.2, 0.25) is 0 Å². The highest BCUT2D eigenvalue weighted by molar-refractivity contribution is 5.40. The van der Waals surface area contributed by atoms with Crippen LogP contribution in [0.1, 0.15) is 31.2 Å². The fourth-order valence-corrected chi connectivity index (χ4v) is 3.45. The zero-order chi connectivity index (χ0) is 12.5. The van der Waals surface area contributed by atoms with Crippen LogP contribution in [0.25, 0.3) is 0 Å². The quantitative estimate of drug-likeness (QED) is 0.659. The molecule has 18 heavy (non-hydrogen) atoms. The first-order chi connectivity index (χ1) is 8.74. The second-order valence-electron chi connectivity index (χ2n) is 5.47. The Morgan fingerprint density at radius 2 is 2.00 bits per heavy atom. The van der Waals surface area contributed by atoms with Gasteiger partial charge in [0.15, 0.2) is 0 Å². The number of piperidine rings is 1. The van der Waals surface area contributed by atoms with Crippen LogP contribution in [0.15, 0.2) is 24.3 Å². The first kappa shape index (κ1) is 11.7. The van der Waals surface area contributed by atoms with Gasteiger partial charge < -0.3 is 5.32 Å². The molecule has 4 heteroatoms. The van der Waals surface area contributed by atoms with Crippen molar-refractivity contribution in [2.24, 2.45) is 5.92 Å². The summed E-state index contributed by atoms with van der Waals surface area (Å²) in [6, 6.07) is 8.44. The third-order valence-corrected chi connectivity index (χ3v) is 4.40. The van der Waals surface area contributed by atoms with Crippen LogP contribution in [-0.2, 0) is 6.42 Å². The van der Waals surface area contributed by atoms with E-state index in [1.165, 1.54) is 25.7 Å². The summed E-state index contributed by atoms with van der Waals surface area (Å²) in [6.45, 7) is 0. The van der Waals surface area contributed by atoms with Crippen molar-refractivity contribution in [2.75, 3.05) is 0 Å². The Kier molecular flexibility index (Phi) is 3.04. The van der Waals surface area contributed by atoms with Crippen LogP contribution >= 0.6 is 0 Å². The highest BCUT2D eigenvalue weighted by Gasteiger charge is 2.35. The molecule has 2 heterocycles. The number of rotatable bonds is 3. The van der Waals surface area contributed by atoms with E-state index < -0.39 is 0 Å². The molecule has 2 fully saturated rings. The summed E-state index contributed by atoms with van der Waals surface area (Å²) >= 11 is 0. The molecule has 1 N–H and O–H groups in total. The molecule has 2 bridgehead atoms. The number of nitrogens with one attached hydrogen (secondary N) is 1. The molecular weight excluding hydrogens is 228 g/mol. The summed E-state index contributed by atoms with van der Waals surface area (Å²) in [7, 11) is 0. The Bertz CT molecular complexity index is 461. The molecule has 0 spiro atoms. The monoisotopic (exact) mass is 246 g/mol. The Balaban J connectivity index is 1.78. The second kappa shape index (κ2) is 4.69. The minimum Gasteiger partial charge on any atom is -0.311 e. The summed E-state index contributed by atoms with van der Waals surface area (Å²) in [5.41, 5.74) is 1.16. The lowest BCUT2D eigenvalue weighted by molar-refractivity contribution is -0.385. The fraction of sp³-hybridized carbons (Fsp3) is 0.571. The zero-order valence-corrected chi connectivity index (χ0v) is 10.3. The molecule has 3 unspecified atom stereocenters. The van der Waals surface area contributed by atoms with Crippen LogP contribution in [0.5, 0.6) is 0 Å². The molecule has 0 aliphatic carbocycles. The molecule has 0 aromatic heterocycles. The van der Waals surface area contributed by atoms with E-state index in [0.29, 0.717) is 18.0 Å². The van der Waals surface area contributed by atoms with Gasteiger partial charge >= 0.3 is 0 Å². The third kappa shape index (κ3) is 2.12. The van der Waals surface area contributed by atoms with Gasteiger partial charge in [-0.25, -0.2) is 0 Å². The average Bonchev–Trinajstić information content (AvgIpc) is 2.76. The van der Waals surface area contributed by atoms with Crippen molar-refractivity contribution in [3.8, 4) is 0 Å². The predicted octanol–water partition coefficient (Wildman–Crippen LogP) is 2.67. The smallest absolute Gasteiger partial charge is 0.272 e. The summed E-state index contributed by atoms with van der Waals surface area (Å²) < 4.78 is 0. The van der Waals surface area contributed by atoms with E-state index >= 15 is 0 Å². The van der Waals surface area contributed by atoms with Crippen LogP contribution in [0, 0.1) is 16.0 Å². The maximum absolute atomic E-state index is 11.0. The number of para-hydroxylation sites is 1. The summed E-state index contributed by atoms with van der Waals surface area (Å²) in [4.78, 5) is 10.8. The van der Waals surface area contributed by atoms with Crippen molar-refractivity contribution < 1.29 is 4.92 Å². The van der Waals surface area contributed by atoms with Crippen LogP contribution < -0.4 is 5.32 Å². The van der Waals surface area contributed by atoms with Gasteiger partial charge in [-0.2, -0.15) is 0 Å². The van der Waals surface area contributed by atoms with Crippen molar-refractivity contribution >= 4 is 5.69 Å². The van der Waals surface area contributed by atoms with Crippen molar-refractivity contribution in [2.45, 2.75) is 44.2 Å². The van der Waals surface area contributed by atoms with E-state index in [9.17, 15) is 10.1 Å². The lowest BCUT2D eigenvalue weighted by Crippen LogP contribution is -2.41. The molecule has 1 aromatic rings. The van der Waals surface area contributed by atoms with E-state index in [4.69, 9.17) is 0 Å². The van der Waals surface area contributed by atoms with E-state index in [1.807, 2.05) is 12.1 Å². The number of nitrogens with zero attached hydrogens (tertiary/aromatic N) is 1. The highest BCUT2D eigenvalue weighted by atomic mass is 16.6. The van der Waals surface area contributed by atoms with E-state index in [2.05, 4.69) is 5.32 Å². The molecule has 1 aromatic carbocycles. The van der Waals surface area contributed by atoms with E-state index in [-0.39, 0.29) is 10.6 Å². The Morgan fingerprint density at radius 3 is 2.83 bits per heavy atom. The van der Waals surface area contributed by atoms with Gasteiger partial charge in [-0.1, -0.05) is 18.2 Å². The maximum atomic E-state index is 11.0. The van der Waals surface area contributed by atoms with Gasteiger partial charge in [0.2, 0.25) is 0 Å². The van der Waals surface area contributed by atoms with Gasteiger partial charge in [0.1, 0.15) is 0 Å². The molecule has 0 amide bonds. The first-order valence-corrected chi connectivity index (χ1v) is 6.72. The van der Waals surface area contributed by atoms with Gasteiger partial charge in [-0.15, -0.1) is 0 Å². The molecular formula is C14H18N2O2. The molecule has 2 saturated heterocycles. The molecule has 96 valence electrons.